The maximum Gasteiger partial charge on any atom is 0.202 e. The fourth-order valence-electron chi connectivity index (χ4n) is 0.730. The van der Waals surface area contributed by atoms with Crippen LogP contribution in [0.25, 0.3) is 0 Å². The number of ether oxygens (including phenoxy) is 1. The smallest absolute Gasteiger partial charge is 0.202 e. The van der Waals surface area contributed by atoms with Gasteiger partial charge in [-0.25, -0.2) is 4.39 Å². The van der Waals surface area contributed by atoms with Crippen molar-refractivity contribution in [1.82, 2.24) is 0 Å². The summed E-state index contributed by atoms with van der Waals surface area (Å²) in [5.74, 6) is -2.36. The third-order valence-corrected chi connectivity index (χ3v) is 2.50. The van der Waals surface area contributed by atoms with Crippen molar-refractivity contribution in [3.05, 3.63) is 27.2 Å². The average molecular weight is 257 g/mol. The Kier molecular flexibility index (Phi) is 2.90. The summed E-state index contributed by atoms with van der Waals surface area (Å²) in [6.07, 6.45) is 0. The predicted molar refractivity (Wildman–Crippen MR) is 45.6 cm³/mol. The van der Waals surface area contributed by atoms with Gasteiger partial charge in [-0.1, -0.05) is 11.6 Å². The Morgan fingerprint density at radius 3 is 2.58 bits per heavy atom. The summed E-state index contributed by atoms with van der Waals surface area (Å²) in [7, 11) is 1.22. The summed E-state index contributed by atoms with van der Waals surface area (Å²) in [5.41, 5.74) is 0. The Labute approximate surface area is 81.4 Å². The highest BCUT2D eigenvalue weighted by Gasteiger charge is 2.16. The van der Waals surface area contributed by atoms with E-state index in [9.17, 15) is 8.78 Å². The summed E-state index contributed by atoms with van der Waals surface area (Å²) >= 11 is 8.55. The first-order chi connectivity index (χ1) is 5.57. The summed E-state index contributed by atoms with van der Waals surface area (Å²) in [5, 5.41) is 0.0244. The lowest BCUT2D eigenvalue weighted by Gasteiger charge is -2.06. The third-order valence-electron chi connectivity index (χ3n) is 1.28. The monoisotopic (exact) mass is 256 g/mol. The largest absolute Gasteiger partial charge is 0.492 e. The molecule has 0 bridgehead atoms. The number of methoxy groups -OCH3 is 1. The molecule has 0 spiro atoms. The average Bonchev–Trinajstić information content (AvgIpc) is 2.02. The molecular formula is C7H4BrClF2O. The minimum atomic E-state index is -1.08. The fraction of sp³-hybridized carbons (Fsp3) is 0.143. The fourth-order valence-corrected chi connectivity index (χ4v) is 1.33. The van der Waals surface area contributed by atoms with Crippen molar-refractivity contribution in [2.24, 2.45) is 0 Å². The van der Waals surface area contributed by atoms with Gasteiger partial charge in [0.25, 0.3) is 0 Å². The van der Waals surface area contributed by atoms with Crippen LogP contribution in [0.3, 0.4) is 0 Å². The molecule has 1 nitrogen and oxygen atoms in total. The van der Waals surface area contributed by atoms with Crippen LogP contribution in [0, 0.1) is 11.6 Å². The number of rotatable bonds is 1. The third kappa shape index (κ3) is 1.54. The van der Waals surface area contributed by atoms with E-state index in [1.165, 1.54) is 7.11 Å². The Balaban J connectivity index is 3.42. The lowest BCUT2D eigenvalue weighted by molar-refractivity contribution is 0.371. The van der Waals surface area contributed by atoms with Gasteiger partial charge >= 0.3 is 0 Å². The number of benzene rings is 1. The van der Waals surface area contributed by atoms with Gasteiger partial charge in [-0.3, -0.25) is 0 Å². The first-order valence-electron chi connectivity index (χ1n) is 2.95. The first-order valence-corrected chi connectivity index (χ1v) is 4.12. The minimum absolute atomic E-state index is 0.0244. The van der Waals surface area contributed by atoms with Gasteiger partial charge in [0.15, 0.2) is 11.6 Å². The molecule has 0 N–H and O–H groups in total. The molecular weight excluding hydrogens is 253 g/mol. The summed E-state index contributed by atoms with van der Waals surface area (Å²) < 4.78 is 30.3. The lowest BCUT2D eigenvalue weighted by atomic mass is 10.3. The molecule has 0 aliphatic rings. The summed E-state index contributed by atoms with van der Waals surface area (Å²) in [6, 6.07) is 0.945. The highest BCUT2D eigenvalue weighted by molar-refractivity contribution is 9.10. The van der Waals surface area contributed by atoms with E-state index < -0.39 is 11.6 Å². The van der Waals surface area contributed by atoms with E-state index in [0.29, 0.717) is 0 Å². The van der Waals surface area contributed by atoms with Gasteiger partial charge in [0, 0.05) is 4.47 Å². The van der Waals surface area contributed by atoms with Crippen molar-refractivity contribution in [3.63, 3.8) is 0 Å². The molecule has 12 heavy (non-hydrogen) atoms. The van der Waals surface area contributed by atoms with Crippen LogP contribution in [0.2, 0.25) is 5.02 Å². The quantitative estimate of drug-likeness (QED) is 0.701. The van der Waals surface area contributed by atoms with E-state index in [4.69, 9.17) is 11.6 Å². The summed E-state index contributed by atoms with van der Waals surface area (Å²) in [6.45, 7) is 0. The Morgan fingerprint density at radius 1 is 1.50 bits per heavy atom. The number of hydrogen-bond acceptors (Lipinski definition) is 1. The Hall–Kier alpha value is -0.350. The van der Waals surface area contributed by atoms with Gasteiger partial charge in [-0.15, -0.1) is 0 Å². The van der Waals surface area contributed by atoms with Crippen LogP contribution in [0.15, 0.2) is 10.5 Å². The molecule has 5 heteroatoms. The van der Waals surface area contributed by atoms with E-state index in [2.05, 4.69) is 20.7 Å². The molecule has 66 valence electrons. The van der Waals surface area contributed by atoms with E-state index in [1.807, 2.05) is 0 Å². The SMILES string of the molecule is COc1c(F)c(F)cc(Br)c1Cl. The highest BCUT2D eigenvalue weighted by atomic mass is 79.9. The Morgan fingerprint density at radius 2 is 2.08 bits per heavy atom. The standard InChI is InChI=1S/C7H4BrClF2O/c1-12-7-5(9)3(8)2-4(10)6(7)11/h2H,1H3. The molecule has 1 rings (SSSR count). The molecule has 0 atom stereocenters. The first kappa shape index (κ1) is 9.74. The Bertz CT molecular complexity index is 291. The normalized spacial score (nSPS) is 10.1. The van der Waals surface area contributed by atoms with Crippen molar-refractivity contribution in [3.8, 4) is 5.75 Å². The number of hydrogen-bond donors (Lipinski definition) is 0. The van der Waals surface area contributed by atoms with Gasteiger partial charge in [0.2, 0.25) is 5.82 Å². The zero-order valence-electron chi connectivity index (χ0n) is 6.00. The van der Waals surface area contributed by atoms with Gasteiger partial charge in [0.05, 0.1) is 7.11 Å². The van der Waals surface area contributed by atoms with E-state index >= 15 is 0 Å². The molecule has 0 unspecified atom stereocenters. The molecule has 0 saturated heterocycles. The molecule has 0 amide bonds. The predicted octanol–water partition coefficient (Wildman–Crippen LogP) is 3.39. The molecule has 1 aromatic rings. The van der Waals surface area contributed by atoms with E-state index in [-0.39, 0.29) is 15.2 Å². The maximum absolute atomic E-state index is 12.8. The van der Waals surface area contributed by atoms with Crippen molar-refractivity contribution < 1.29 is 13.5 Å². The summed E-state index contributed by atoms with van der Waals surface area (Å²) in [4.78, 5) is 0. The zero-order chi connectivity index (χ0) is 9.30. The van der Waals surface area contributed by atoms with Crippen molar-refractivity contribution in [2.75, 3.05) is 7.11 Å². The van der Waals surface area contributed by atoms with Crippen molar-refractivity contribution >= 4 is 27.5 Å². The molecule has 0 saturated carbocycles. The maximum atomic E-state index is 12.8. The molecule has 0 aromatic heterocycles. The zero-order valence-corrected chi connectivity index (χ0v) is 8.34. The minimum Gasteiger partial charge on any atom is -0.492 e. The molecule has 0 heterocycles. The van der Waals surface area contributed by atoms with Crippen molar-refractivity contribution in [1.29, 1.82) is 0 Å². The molecule has 1 aromatic carbocycles. The van der Waals surface area contributed by atoms with Gasteiger partial charge in [-0.05, 0) is 22.0 Å². The van der Waals surface area contributed by atoms with Crippen LogP contribution < -0.4 is 4.74 Å². The molecule has 0 fully saturated rings. The second-order valence-electron chi connectivity index (χ2n) is 2.00. The van der Waals surface area contributed by atoms with Gasteiger partial charge in [-0.2, -0.15) is 4.39 Å². The highest BCUT2D eigenvalue weighted by Crippen LogP contribution is 2.35. The van der Waals surface area contributed by atoms with E-state index in [0.717, 1.165) is 6.07 Å². The van der Waals surface area contributed by atoms with Crippen LogP contribution in [0.5, 0.6) is 5.75 Å². The van der Waals surface area contributed by atoms with Gasteiger partial charge < -0.3 is 4.74 Å². The lowest BCUT2D eigenvalue weighted by Crippen LogP contribution is -1.93. The second-order valence-corrected chi connectivity index (χ2v) is 3.23. The van der Waals surface area contributed by atoms with Crippen LogP contribution in [0.1, 0.15) is 0 Å². The van der Waals surface area contributed by atoms with Crippen LogP contribution in [0.4, 0.5) is 8.78 Å². The topological polar surface area (TPSA) is 9.23 Å². The van der Waals surface area contributed by atoms with Crippen LogP contribution in [-0.2, 0) is 0 Å². The molecule has 0 aliphatic carbocycles. The molecule has 0 radical (unpaired) electrons. The van der Waals surface area contributed by atoms with Gasteiger partial charge in [0.1, 0.15) is 5.02 Å². The second kappa shape index (κ2) is 3.58. The van der Waals surface area contributed by atoms with Crippen LogP contribution in [-0.4, -0.2) is 7.11 Å². The van der Waals surface area contributed by atoms with Crippen molar-refractivity contribution in [2.45, 2.75) is 0 Å². The number of halogens is 4. The van der Waals surface area contributed by atoms with E-state index in [1.54, 1.807) is 0 Å². The molecule has 0 aliphatic heterocycles. The van der Waals surface area contributed by atoms with Crippen LogP contribution >= 0.6 is 27.5 Å².